The molecule has 1 aromatic rings. The van der Waals surface area contributed by atoms with Crippen molar-refractivity contribution in [3.05, 3.63) is 41.5 Å². The van der Waals surface area contributed by atoms with E-state index in [1.165, 1.54) is 0 Å². The second-order valence-corrected chi connectivity index (χ2v) is 5.71. The van der Waals surface area contributed by atoms with Gasteiger partial charge in [-0.3, -0.25) is 4.79 Å². The van der Waals surface area contributed by atoms with Crippen LogP contribution >= 0.6 is 0 Å². The lowest BCUT2D eigenvalue weighted by Gasteiger charge is -2.25. The van der Waals surface area contributed by atoms with Gasteiger partial charge in [-0.25, -0.2) is 0 Å². The Bertz CT molecular complexity index is 460. The van der Waals surface area contributed by atoms with Gasteiger partial charge in [0.2, 0.25) is 0 Å². The summed E-state index contributed by atoms with van der Waals surface area (Å²) in [5.41, 5.74) is 1.38. The lowest BCUT2D eigenvalue weighted by Crippen LogP contribution is -2.47. The van der Waals surface area contributed by atoms with Gasteiger partial charge >= 0.3 is 0 Å². The number of benzene rings is 1. The van der Waals surface area contributed by atoms with E-state index in [0.29, 0.717) is 0 Å². The number of amides is 1. The van der Waals surface area contributed by atoms with Crippen LogP contribution < -0.4 is 5.32 Å². The third-order valence-electron chi connectivity index (χ3n) is 2.59. The van der Waals surface area contributed by atoms with Crippen LogP contribution in [-0.4, -0.2) is 29.4 Å². The van der Waals surface area contributed by atoms with E-state index in [9.17, 15) is 4.79 Å². The molecule has 20 heavy (non-hydrogen) atoms. The maximum atomic E-state index is 12.2. The predicted octanol–water partition coefficient (Wildman–Crippen LogP) is 2.34. The Hall–Kier alpha value is -1.65. The first-order valence-corrected chi connectivity index (χ1v) is 6.61. The molecule has 4 nitrogen and oxygen atoms in total. The quantitative estimate of drug-likeness (QED) is 0.812. The summed E-state index contributed by atoms with van der Waals surface area (Å²) in [6, 6.07) is 9.68. The molecule has 1 amide bonds. The molecule has 0 bridgehead atoms. The van der Waals surface area contributed by atoms with Crippen molar-refractivity contribution in [3.63, 3.8) is 0 Å². The zero-order valence-electron chi connectivity index (χ0n) is 12.5. The molecule has 0 fully saturated rings. The van der Waals surface area contributed by atoms with Crippen LogP contribution in [0, 0.1) is 0 Å². The Kier molecular flexibility index (Phi) is 5.92. The number of carbonyl (C=O) groups excluding carboxylic acids is 1. The molecule has 0 aliphatic rings. The van der Waals surface area contributed by atoms with Gasteiger partial charge in [-0.2, -0.15) is 0 Å². The van der Waals surface area contributed by atoms with Crippen molar-refractivity contribution in [2.24, 2.45) is 0 Å². The van der Waals surface area contributed by atoms with Crippen LogP contribution in [0.1, 0.15) is 33.3 Å². The summed E-state index contributed by atoms with van der Waals surface area (Å²) in [6.45, 7) is 7.02. The number of aliphatic hydroxyl groups is 1. The van der Waals surface area contributed by atoms with Gasteiger partial charge in [0.15, 0.2) is 6.10 Å². The Morgan fingerprint density at radius 2 is 1.95 bits per heavy atom. The predicted molar refractivity (Wildman–Crippen MR) is 79.9 cm³/mol. The van der Waals surface area contributed by atoms with Crippen molar-refractivity contribution in [2.75, 3.05) is 6.79 Å². The van der Waals surface area contributed by atoms with Crippen molar-refractivity contribution in [1.82, 2.24) is 5.32 Å². The zero-order valence-corrected chi connectivity index (χ0v) is 12.5. The molecule has 0 radical (unpaired) electrons. The number of hydrogen-bond donors (Lipinski definition) is 2. The van der Waals surface area contributed by atoms with Crippen LogP contribution in [0.4, 0.5) is 0 Å². The molecule has 1 aromatic carbocycles. The van der Waals surface area contributed by atoms with E-state index in [1.54, 1.807) is 0 Å². The van der Waals surface area contributed by atoms with Crippen LogP contribution in [0.25, 0.3) is 6.08 Å². The molecule has 2 N–H and O–H groups in total. The van der Waals surface area contributed by atoms with Crippen molar-refractivity contribution in [2.45, 2.75) is 39.3 Å². The molecule has 0 saturated heterocycles. The summed E-state index contributed by atoms with van der Waals surface area (Å²) in [6.07, 6.45) is 1.09. The van der Waals surface area contributed by atoms with Crippen LogP contribution in [-0.2, 0) is 9.53 Å². The highest BCUT2D eigenvalue weighted by Gasteiger charge is 2.24. The van der Waals surface area contributed by atoms with Gasteiger partial charge < -0.3 is 15.2 Å². The van der Waals surface area contributed by atoms with Gasteiger partial charge in [0.1, 0.15) is 6.79 Å². The fourth-order valence-corrected chi connectivity index (χ4v) is 1.81. The molecule has 0 aliphatic heterocycles. The van der Waals surface area contributed by atoms with E-state index in [1.807, 2.05) is 64.1 Å². The minimum atomic E-state index is -0.792. The van der Waals surface area contributed by atoms with E-state index >= 15 is 0 Å². The molecule has 1 atom stereocenters. The average molecular weight is 277 g/mol. The number of aliphatic hydroxyl groups excluding tert-OH is 1. The Morgan fingerprint density at radius 3 is 2.45 bits per heavy atom. The molecule has 0 spiro atoms. The summed E-state index contributed by atoms with van der Waals surface area (Å²) >= 11 is 0. The van der Waals surface area contributed by atoms with Crippen LogP contribution in [0.3, 0.4) is 0 Å². The van der Waals surface area contributed by atoms with Crippen LogP contribution in [0.15, 0.2) is 35.9 Å². The van der Waals surface area contributed by atoms with Crippen molar-refractivity contribution in [1.29, 1.82) is 0 Å². The number of carbonyl (C=O) groups is 1. The first kappa shape index (κ1) is 16.4. The molecule has 0 saturated carbocycles. The van der Waals surface area contributed by atoms with Gasteiger partial charge in [0, 0.05) is 5.54 Å². The molecule has 4 heteroatoms. The van der Waals surface area contributed by atoms with E-state index in [4.69, 9.17) is 9.84 Å². The summed E-state index contributed by atoms with van der Waals surface area (Å²) in [5.74, 6) is -0.253. The lowest BCUT2D eigenvalue weighted by atomic mass is 10.0. The SMILES string of the molecule is C/C(=C\c1ccccc1)C(OCO)C(=O)NC(C)(C)C. The number of hydrogen-bond acceptors (Lipinski definition) is 3. The average Bonchev–Trinajstić information content (AvgIpc) is 2.34. The number of nitrogens with one attached hydrogen (secondary N) is 1. The molecule has 0 heterocycles. The van der Waals surface area contributed by atoms with Crippen molar-refractivity contribution < 1.29 is 14.6 Å². The van der Waals surface area contributed by atoms with Crippen molar-refractivity contribution in [3.8, 4) is 0 Å². The monoisotopic (exact) mass is 277 g/mol. The van der Waals surface area contributed by atoms with Gasteiger partial charge in [-0.1, -0.05) is 36.4 Å². The Morgan fingerprint density at radius 1 is 1.35 bits per heavy atom. The second-order valence-electron chi connectivity index (χ2n) is 5.71. The minimum absolute atomic E-state index is 0.253. The third-order valence-corrected chi connectivity index (χ3v) is 2.59. The molecular weight excluding hydrogens is 254 g/mol. The molecule has 0 aromatic heterocycles. The van der Waals surface area contributed by atoms with Crippen LogP contribution in [0.2, 0.25) is 0 Å². The Balaban J connectivity index is 2.90. The highest BCUT2D eigenvalue weighted by Crippen LogP contribution is 2.14. The maximum absolute atomic E-state index is 12.2. The summed E-state index contributed by atoms with van der Waals surface area (Å²) in [7, 11) is 0. The second kappa shape index (κ2) is 7.22. The minimum Gasteiger partial charge on any atom is -0.371 e. The first-order valence-electron chi connectivity index (χ1n) is 6.61. The normalized spacial score (nSPS) is 13.9. The highest BCUT2D eigenvalue weighted by molar-refractivity contribution is 5.85. The van der Waals surface area contributed by atoms with E-state index in [2.05, 4.69) is 5.32 Å². The third kappa shape index (κ3) is 5.55. The topological polar surface area (TPSA) is 58.6 Å². The molecule has 0 aliphatic carbocycles. The number of ether oxygens (including phenoxy) is 1. The van der Waals surface area contributed by atoms with Gasteiger partial charge in [0.25, 0.3) is 5.91 Å². The lowest BCUT2D eigenvalue weighted by molar-refractivity contribution is -0.137. The van der Waals surface area contributed by atoms with Crippen molar-refractivity contribution >= 4 is 12.0 Å². The van der Waals surface area contributed by atoms with Crippen LogP contribution in [0.5, 0.6) is 0 Å². The highest BCUT2D eigenvalue weighted by atomic mass is 16.6. The number of rotatable bonds is 5. The molecule has 1 rings (SSSR count). The van der Waals surface area contributed by atoms with Gasteiger partial charge in [-0.05, 0) is 38.8 Å². The van der Waals surface area contributed by atoms with Gasteiger partial charge in [0.05, 0.1) is 0 Å². The largest absolute Gasteiger partial charge is 0.371 e. The standard InChI is InChI=1S/C16H23NO3/c1-12(10-13-8-6-5-7-9-13)14(20-11-18)15(19)17-16(2,3)4/h5-10,14,18H,11H2,1-4H3,(H,17,19)/b12-10+. The maximum Gasteiger partial charge on any atom is 0.253 e. The summed E-state index contributed by atoms with van der Waals surface area (Å²) in [4.78, 5) is 12.2. The molecule has 110 valence electrons. The summed E-state index contributed by atoms with van der Waals surface area (Å²) in [5, 5.41) is 11.8. The van der Waals surface area contributed by atoms with Gasteiger partial charge in [-0.15, -0.1) is 0 Å². The Labute approximate surface area is 120 Å². The van der Waals surface area contributed by atoms with E-state index in [0.717, 1.165) is 11.1 Å². The fourth-order valence-electron chi connectivity index (χ4n) is 1.81. The van der Waals surface area contributed by atoms with E-state index in [-0.39, 0.29) is 11.4 Å². The summed E-state index contributed by atoms with van der Waals surface area (Å²) < 4.78 is 5.16. The zero-order chi connectivity index (χ0) is 15.2. The smallest absolute Gasteiger partial charge is 0.253 e. The fraction of sp³-hybridized carbons (Fsp3) is 0.438. The van der Waals surface area contributed by atoms with E-state index < -0.39 is 12.9 Å². The molecular formula is C16H23NO3. The first-order chi connectivity index (χ1) is 9.33. The molecule has 1 unspecified atom stereocenters.